The van der Waals surface area contributed by atoms with Gasteiger partial charge in [-0.3, -0.25) is 19.4 Å². The molecule has 1 aromatic carbocycles. The molecule has 1 fully saturated rings. The fourth-order valence-electron chi connectivity index (χ4n) is 3.19. The molecule has 1 saturated heterocycles. The molecule has 0 spiro atoms. The van der Waals surface area contributed by atoms with Crippen LogP contribution in [0.3, 0.4) is 0 Å². The van der Waals surface area contributed by atoms with Crippen molar-refractivity contribution in [3.05, 3.63) is 28.2 Å². The minimum Gasteiger partial charge on any atom is -0.350 e. The van der Waals surface area contributed by atoms with Crippen molar-refractivity contribution in [3.63, 3.8) is 0 Å². The highest BCUT2D eigenvalue weighted by atomic mass is 35.5. The van der Waals surface area contributed by atoms with Crippen molar-refractivity contribution in [2.24, 2.45) is 0 Å². The van der Waals surface area contributed by atoms with Gasteiger partial charge in [-0.15, -0.1) is 0 Å². The maximum absolute atomic E-state index is 12.7. The van der Waals surface area contributed by atoms with Crippen LogP contribution in [0.25, 0.3) is 0 Å². The number of rotatable bonds is 5. The molecule has 1 aromatic rings. The van der Waals surface area contributed by atoms with E-state index in [-0.39, 0.29) is 23.4 Å². The number of amides is 2. The topological polar surface area (TPSA) is 64.7 Å². The van der Waals surface area contributed by atoms with Gasteiger partial charge in [-0.2, -0.15) is 0 Å². The number of anilines is 1. The maximum Gasteiger partial charge on any atom is 0.241 e. The molecule has 0 aliphatic carbocycles. The van der Waals surface area contributed by atoms with E-state index in [9.17, 15) is 9.59 Å². The molecule has 2 amide bonds. The number of carbonyl (C=O) groups excluding carboxylic acids is 2. The van der Waals surface area contributed by atoms with E-state index < -0.39 is 0 Å². The lowest BCUT2D eigenvalue weighted by molar-refractivity contribution is -0.124. The number of halogens is 2. The zero-order valence-corrected chi connectivity index (χ0v) is 18.5. The van der Waals surface area contributed by atoms with Gasteiger partial charge in [0.25, 0.3) is 0 Å². The normalized spacial score (nSPS) is 17.6. The molecule has 1 aliphatic rings. The zero-order chi connectivity index (χ0) is 20.9. The molecule has 1 atom stereocenters. The van der Waals surface area contributed by atoms with Gasteiger partial charge in [-0.1, -0.05) is 23.2 Å². The number of hydrogen-bond acceptors (Lipinski definition) is 4. The fourth-order valence-corrected chi connectivity index (χ4v) is 3.65. The van der Waals surface area contributed by atoms with E-state index in [4.69, 9.17) is 23.2 Å². The second-order valence-electron chi connectivity index (χ2n) is 8.25. The van der Waals surface area contributed by atoms with Crippen molar-refractivity contribution < 1.29 is 9.59 Å². The first-order valence-electron chi connectivity index (χ1n) is 9.58. The quantitative estimate of drug-likeness (QED) is 0.755. The molecule has 2 N–H and O–H groups in total. The Labute approximate surface area is 177 Å². The summed E-state index contributed by atoms with van der Waals surface area (Å²) in [4.78, 5) is 29.1. The summed E-state index contributed by atoms with van der Waals surface area (Å²) >= 11 is 12.0. The SMILES string of the molecule is C[C@@H](C(=O)Nc1ccc(Cl)cc1Cl)N1CCCN(CC(=O)NC(C)(C)C)CC1. The van der Waals surface area contributed by atoms with Crippen molar-refractivity contribution in [3.8, 4) is 0 Å². The summed E-state index contributed by atoms with van der Waals surface area (Å²) in [5.74, 6) is -0.0766. The standard InChI is InChI=1S/C20H30Cl2N4O2/c1-14(19(28)23-17-7-6-15(21)12-16(17)22)26-9-5-8-25(10-11-26)13-18(27)24-20(2,3)4/h6-7,12,14H,5,8-11,13H2,1-4H3,(H,23,28)(H,24,27)/t14-/m0/s1. The van der Waals surface area contributed by atoms with Gasteiger partial charge in [0.05, 0.1) is 23.3 Å². The van der Waals surface area contributed by atoms with Gasteiger partial charge in [0.2, 0.25) is 11.8 Å². The average Bonchev–Trinajstić information content (AvgIpc) is 2.80. The van der Waals surface area contributed by atoms with Crippen LogP contribution in [-0.2, 0) is 9.59 Å². The van der Waals surface area contributed by atoms with Gasteiger partial charge in [0, 0.05) is 30.2 Å². The van der Waals surface area contributed by atoms with Gasteiger partial charge >= 0.3 is 0 Å². The molecule has 8 heteroatoms. The van der Waals surface area contributed by atoms with Crippen LogP contribution in [0.5, 0.6) is 0 Å². The van der Waals surface area contributed by atoms with Crippen molar-refractivity contribution in [2.45, 2.75) is 45.7 Å². The molecule has 28 heavy (non-hydrogen) atoms. The van der Waals surface area contributed by atoms with Crippen LogP contribution in [0.4, 0.5) is 5.69 Å². The first kappa shape index (κ1) is 22.9. The zero-order valence-electron chi connectivity index (χ0n) is 17.0. The third kappa shape index (κ3) is 7.24. The van der Waals surface area contributed by atoms with E-state index in [0.29, 0.717) is 22.3 Å². The van der Waals surface area contributed by atoms with E-state index in [2.05, 4.69) is 20.4 Å². The van der Waals surface area contributed by atoms with Gasteiger partial charge < -0.3 is 10.6 Å². The van der Waals surface area contributed by atoms with Gasteiger partial charge in [0.1, 0.15) is 0 Å². The van der Waals surface area contributed by atoms with Crippen LogP contribution >= 0.6 is 23.2 Å². The molecule has 0 radical (unpaired) electrons. The molecule has 0 bridgehead atoms. The van der Waals surface area contributed by atoms with Crippen molar-refractivity contribution in [2.75, 3.05) is 38.0 Å². The summed E-state index contributed by atoms with van der Waals surface area (Å²) in [5.41, 5.74) is 0.322. The van der Waals surface area contributed by atoms with E-state index in [1.54, 1.807) is 18.2 Å². The highest BCUT2D eigenvalue weighted by Gasteiger charge is 2.25. The van der Waals surface area contributed by atoms with E-state index in [1.165, 1.54) is 0 Å². The van der Waals surface area contributed by atoms with Gasteiger partial charge in [0.15, 0.2) is 0 Å². The Hall–Kier alpha value is -1.34. The molecular formula is C20H30Cl2N4O2. The average molecular weight is 429 g/mol. The lowest BCUT2D eigenvalue weighted by atomic mass is 10.1. The maximum atomic E-state index is 12.7. The van der Waals surface area contributed by atoms with Crippen LogP contribution < -0.4 is 10.6 Å². The highest BCUT2D eigenvalue weighted by molar-refractivity contribution is 6.36. The monoisotopic (exact) mass is 428 g/mol. The number of hydrogen-bond donors (Lipinski definition) is 2. The Morgan fingerprint density at radius 1 is 1.14 bits per heavy atom. The van der Waals surface area contributed by atoms with Gasteiger partial charge in [-0.25, -0.2) is 0 Å². The van der Waals surface area contributed by atoms with Crippen LogP contribution in [0.2, 0.25) is 10.0 Å². The first-order valence-corrected chi connectivity index (χ1v) is 10.3. The number of nitrogens with one attached hydrogen (secondary N) is 2. The predicted octanol–water partition coefficient (Wildman–Crippen LogP) is 3.24. The van der Waals surface area contributed by atoms with E-state index in [0.717, 1.165) is 32.6 Å². The predicted molar refractivity (Wildman–Crippen MR) is 115 cm³/mol. The summed E-state index contributed by atoms with van der Waals surface area (Å²) in [6.07, 6.45) is 0.905. The van der Waals surface area contributed by atoms with E-state index in [1.807, 2.05) is 27.7 Å². The molecule has 6 nitrogen and oxygen atoms in total. The Bertz CT molecular complexity index is 706. The van der Waals surface area contributed by atoms with E-state index >= 15 is 0 Å². The second-order valence-corrected chi connectivity index (χ2v) is 9.10. The third-order valence-electron chi connectivity index (χ3n) is 4.62. The Morgan fingerprint density at radius 2 is 1.86 bits per heavy atom. The smallest absolute Gasteiger partial charge is 0.241 e. The molecule has 0 aromatic heterocycles. The summed E-state index contributed by atoms with van der Waals surface area (Å²) in [7, 11) is 0. The highest BCUT2D eigenvalue weighted by Crippen LogP contribution is 2.25. The molecule has 1 aliphatic heterocycles. The van der Waals surface area contributed by atoms with Crippen LogP contribution in [0, 0.1) is 0 Å². The number of benzene rings is 1. The van der Waals surface area contributed by atoms with Crippen molar-refractivity contribution in [1.29, 1.82) is 0 Å². The molecular weight excluding hydrogens is 399 g/mol. The second kappa shape index (κ2) is 9.92. The molecule has 2 rings (SSSR count). The van der Waals surface area contributed by atoms with Crippen molar-refractivity contribution >= 4 is 40.7 Å². The summed E-state index contributed by atoms with van der Waals surface area (Å²) in [6.45, 7) is 11.3. The minimum absolute atomic E-state index is 0.0316. The Balaban J connectivity index is 1.88. The number of nitrogens with zero attached hydrogens (tertiary/aromatic N) is 2. The van der Waals surface area contributed by atoms with Crippen LogP contribution in [0.15, 0.2) is 18.2 Å². The molecule has 156 valence electrons. The minimum atomic E-state index is -0.296. The molecule has 1 heterocycles. The number of carbonyl (C=O) groups is 2. The molecule has 0 saturated carbocycles. The van der Waals surface area contributed by atoms with Crippen LogP contribution in [0.1, 0.15) is 34.1 Å². The summed E-state index contributed by atoms with van der Waals surface area (Å²) in [5, 5.41) is 6.81. The lowest BCUT2D eigenvalue weighted by Gasteiger charge is -2.27. The van der Waals surface area contributed by atoms with Crippen molar-refractivity contribution in [1.82, 2.24) is 15.1 Å². The lowest BCUT2D eigenvalue weighted by Crippen LogP contribution is -2.47. The first-order chi connectivity index (χ1) is 13.0. The van der Waals surface area contributed by atoms with Crippen LogP contribution in [-0.4, -0.2) is 65.9 Å². The Morgan fingerprint density at radius 3 is 2.50 bits per heavy atom. The molecule has 0 unspecified atom stereocenters. The summed E-state index contributed by atoms with van der Waals surface area (Å²) < 4.78 is 0. The Kier molecular flexibility index (Phi) is 8.13. The van der Waals surface area contributed by atoms with Gasteiger partial charge in [-0.05, 0) is 58.9 Å². The third-order valence-corrected chi connectivity index (χ3v) is 5.17. The fraction of sp³-hybridized carbons (Fsp3) is 0.600. The summed E-state index contributed by atoms with van der Waals surface area (Å²) in [6, 6.07) is 4.71. The largest absolute Gasteiger partial charge is 0.350 e.